The molecule has 6 heteroatoms. The van der Waals surface area contributed by atoms with E-state index in [9.17, 15) is 14.7 Å². The van der Waals surface area contributed by atoms with Crippen LogP contribution in [-0.2, 0) is 14.3 Å². The van der Waals surface area contributed by atoms with Crippen LogP contribution in [0.5, 0.6) is 0 Å². The highest BCUT2D eigenvalue weighted by atomic mass is 16.6. The molecular formula is C14H23NO5. The fraction of sp³-hybridized carbons (Fsp3) is 0.857. The number of carboxylic acid groups (broad SMARTS) is 1. The molecule has 0 aliphatic carbocycles. The first-order valence-corrected chi connectivity index (χ1v) is 7.08. The van der Waals surface area contributed by atoms with Gasteiger partial charge in [-0.2, -0.15) is 0 Å². The zero-order valence-electron chi connectivity index (χ0n) is 12.3. The number of likely N-dealkylation sites (tertiary alicyclic amines) is 1. The Labute approximate surface area is 119 Å². The number of piperidine rings is 1. The Balaban J connectivity index is 2.14. The van der Waals surface area contributed by atoms with Crippen molar-refractivity contribution in [2.45, 2.75) is 45.3 Å². The highest BCUT2D eigenvalue weighted by molar-refractivity contribution is 5.73. The minimum atomic E-state index is -0.859. The van der Waals surface area contributed by atoms with E-state index in [-0.39, 0.29) is 18.5 Å². The van der Waals surface area contributed by atoms with Gasteiger partial charge in [0.1, 0.15) is 5.60 Å². The van der Waals surface area contributed by atoms with Crippen LogP contribution in [0.25, 0.3) is 0 Å². The van der Waals surface area contributed by atoms with Crippen LogP contribution in [0.4, 0.5) is 4.79 Å². The lowest BCUT2D eigenvalue weighted by Gasteiger charge is -2.45. The van der Waals surface area contributed by atoms with Gasteiger partial charge in [0.15, 0.2) is 0 Å². The van der Waals surface area contributed by atoms with Gasteiger partial charge < -0.3 is 19.5 Å². The average Bonchev–Trinajstić information content (AvgIpc) is 2.35. The van der Waals surface area contributed by atoms with Crippen molar-refractivity contribution in [3.8, 4) is 0 Å². The van der Waals surface area contributed by atoms with Crippen molar-refractivity contribution in [2.24, 2.45) is 11.8 Å². The van der Waals surface area contributed by atoms with Crippen molar-refractivity contribution in [3.63, 3.8) is 0 Å². The van der Waals surface area contributed by atoms with Crippen LogP contribution in [0.1, 0.15) is 33.6 Å². The number of carbonyl (C=O) groups excluding carboxylic acids is 1. The molecule has 2 aliphatic heterocycles. The zero-order chi connectivity index (χ0) is 14.9. The van der Waals surface area contributed by atoms with Crippen LogP contribution in [-0.4, -0.2) is 53.5 Å². The number of hydrogen-bond donors (Lipinski definition) is 1. The highest BCUT2D eigenvalue weighted by Gasteiger charge is 2.43. The van der Waals surface area contributed by atoms with E-state index in [0.717, 1.165) is 6.42 Å². The maximum atomic E-state index is 12.3. The Morgan fingerprint density at radius 1 is 1.35 bits per heavy atom. The summed E-state index contributed by atoms with van der Waals surface area (Å²) in [5.41, 5.74) is -0.575. The van der Waals surface area contributed by atoms with E-state index < -0.39 is 23.6 Å². The number of ether oxygens (including phenoxy) is 2. The van der Waals surface area contributed by atoms with Gasteiger partial charge in [-0.1, -0.05) is 0 Å². The molecular weight excluding hydrogens is 262 g/mol. The molecule has 0 spiro atoms. The van der Waals surface area contributed by atoms with E-state index in [4.69, 9.17) is 9.47 Å². The summed E-state index contributed by atoms with van der Waals surface area (Å²) in [5.74, 6) is -1.31. The molecule has 6 nitrogen and oxygen atoms in total. The topological polar surface area (TPSA) is 76.1 Å². The number of carbonyl (C=O) groups is 2. The molecule has 1 amide bonds. The van der Waals surface area contributed by atoms with Gasteiger partial charge in [0, 0.05) is 25.1 Å². The molecule has 0 bridgehead atoms. The molecule has 2 rings (SSSR count). The van der Waals surface area contributed by atoms with Gasteiger partial charge in [0.25, 0.3) is 0 Å². The number of fused-ring (bicyclic) bond motifs is 1. The van der Waals surface area contributed by atoms with Crippen molar-refractivity contribution in [1.29, 1.82) is 0 Å². The van der Waals surface area contributed by atoms with E-state index in [1.54, 1.807) is 4.90 Å². The summed E-state index contributed by atoms with van der Waals surface area (Å²) in [5, 5.41) is 9.24. The number of amides is 1. The smallest absolute Gasteiger partial charge is 0.410 e. The first kappa shape index (κ1) is 15.1. The van der Waals surface area contributed by atoms with Crippen LogP contribution >= 0.6 is 0 Å². The maximum Gasteiger partial charge on any atom is 0.410 e. The Morgan fingerprint density at radius 3 is 2.65 bits per heavy atom. The lowest BCUT2D eigenvalue weighted by atomic mass is 9.81. The molecule has 0 radical (unpaired) electrons. The molecule has 0 aromatic heterocycles. The summed E-state index contributed by atoms with van der Waals surface area (Å²) >= 11 is 0. The molecule has 2 saturated heterocycles. The van der Waals surface area contributed by atoms with Gasteiger partial charge in [-0.05, 0) is 33.6 Å². The number of carboxylic acids is 1. The normalized spacial score (nSPS) is 30.6. The largest absolute Gasteiger partial charge is 0.481 e. The number of rotatable bonds is 1. The van der Waals surface area contributed by atoms with Crippen molar-refractivity contribution < 1.29 is 24.2 Å². The molecule has 3 atom stereocenters. The fourth-order valence-electron chi connectivity index (χ4n) is 2.94. The SMILES string of the molecule is CC(C)(C)OC(=O)N1C[C@@H](C(=O)O)C[C@H]2COCC[C@@H]21. The van der Waals surface area contributed by atoms with E-state index in [0.29, 0.717) is 19.6 Å². The minimum Gasteiger partial charge on any atom is -0.481 e. The Bertz CT molecular complexity index is 390. The quantitative estimate of drug-likeness (QED) is 0.794. The monoisotopic (exact) mass is 285 g/mol. The van der Waals surface area contributed by atoms with Gasteiger partial charge >= 0.3 is 12.1 Å². The van der Waals surface area contributed by atoms with Gasteiger partial charge in [-0.15, -0.1) is 0 Å². The summed E-state index contributed by atoms with van der Waals surface area (Å²) in [6.07, 6.45) is 0.899. The van der Waals surface area contributed by atoms with Crippen molar-refractivity contribution in [3.05, 3.63) is 0 Å². The van der Waals surface area contributed by atoms with Crippen LogP contribution in [0.2, 0.25) is 0 Å². The summed E-state index contributed by atoms with van der Waals surface area (Å²) in [4.78, 5) is 25.2. The average molecular weight is 285 g/mol. The van der Waals surface area contributed by atoms with E-state index in [1.807, 2.05) is 20.8 Å². The molecule has 1 N–H and O–H groups in total. The Hall–Kier alpha value is -1.30. The second-order valence-corrected chi connectivity index (χ2v) is 6.59. The standard InChI is InChI=1S/C14H23NO5/c1-14(2,3)20-13(18)15-7-9(12(16)17)6-10-8-19-5-4-11(10)15/h9-11H,4-8H2,1-3H3,(H,16,17)/t9-,10-,11-/m0/s1. The van der Waals surface area contributed by atoms with Crippen LogP contribution in [0, 0.1) is 11.8 Å². The van der Waals surface area contributed by atoms with Crippen LogP contribution < -0.4 is 0 Å². The molecule has 20 heavy (non-hydrogen) atoms. The lowest BCUT2D eigenvalue weighted by molar-refractivity contribution is -0.147. The van der Waals surface area contributed by atoms with Crippen molar-refractivity contribution >= 4 is 12.1 Å². The van der Waals surface area contributed by atoms with Gasteiger partial charge in [0.05, 0.1) is 12.5 Å². The van der Waals surface area contributed by atoms with Crippen LogP contribution in [0.15, 0.2) is 0 Å². The Morgan fingerprint density at radius 2 is 2.05 bits per heavy atom. The van der Waals surface area contributed by atoms with Crippen molar-refractivity contribution in [2.75, 3.05) is 19.8 Å². The first-order valence-electron chi connectivity index (χ1n) is 7.08. The molecule has 2 heterocycles. The summed E-state index contributed by atoms with van der Waals surface area (Å²) < 4.78 is 10.8. The molecule has 0 aromatic carbocycles. The third-order valence-electron chi connectivity index (χ3n) is 3.82. The second kappa shape index (κ2) is 5.60. The maximum absolute atomic E-state index is 12.3. The van der Waals surface area contributed by atoms with E-state index in [1.165, 1.54) is 0 Å². The van der Waals surface area contributed by atoms with Crippen molar-refractivity contribution in [1.82, 2.24) is 4.90 Å². The molecule has 0 saturated carbocycles. The molecule has 0 aromatic rings. The number of nitrogens with zero attached hydrogens (tertiary/aromatic N) is 1. The predicted octanol–water partition coefficient (Wildman–Crippen LogP) is 1.73. The highest BCUT2D eigenvalue weighted by Crippen LogP contribution is 2.33. The fourth-order valence-corrected chi connectivity index (χ4v) is 2.94. The Kier molecular flexibility index (Phi) is 4.22. The lowest BCUT2D eigenvalue weighted by Crippen LogP contribution is -2.56. The summed E-state index contributed by atoms with van der Waals surface area (Å²) in [6.45, 7) is 6.79. The second-order valence-electron chi connectivity index (χ2n) is 6.59. The molecule has 2 fully saturated rings. The number of hydrogen-bond acceptors (Lipinski definition) is 4. The number of aliphatic carboxylic acids is 1. The van der Waals surface area contributed by atoms with E-state index >= 15 is 0 Å². The van der Waals surface area contributed by atoms with Gasteiger partial charge in [0.2, 0.25) is 0 Å². The summed E-state index contributed by atoms with van der Waals surface area (Å²) in [7, 11) is 0. The first-order chi connectivity index (χ1) is 9.28. The zero-order valence-corrected chi connectivity index (χ0v) is 12.3. The van der Waals surface area contributed by atoms with E-state index in [2.05, 4.69) is 0 Å². The summed E-state index contributed by atoms with van der Waals surface area (Å²) in [6, 6.07) is 0.0363. The molecule has 114 valence electrons. The molecule has 2 aliphatic rings. The van der Waals surface area contributed by atoms with Gasteiger partial charge in [-0.25, -0.2) is 4.79 Å². The predicted molar refractivity (Wildman–Crippen MR) is 71.4 cm³/mol. The third-order valence-corrected chi connectivity index (χ3v) is 3.82. The van der Waals surface area contributed by atoms with Gasteiger partial charge in [-0.3, -0.25) is 4.79 Å². The molecule has 0 unspecified atom stereocenters. The third kappa shape index (κ3) is 3.42. The minimum absolute atomic E-state index is 0.0363. The van der Waals surface area contributed by atoms with Crippen LogP contribution in [0.3, 0.4) is 0 Å².